The number of nitrogens with one attached hydrogen (secondary N) is 2. The molecule has 0 radical (unpaired) electrons. The maximum atomic E-state index is 11.7. The SMILES string of the molecule is CCOC(CNC(=O)NCCc1ccc(Br)cc1)OCC. The van der Waals surface area contributed by atoms with Gasteiger partial charge in [0.15, 0.2) is 6.29 Å². The second kappa shape index (κ2) is 10.6. The van der Waals surface area contributed by atoms with Gasteiger partial charge in [0, 0.05) is 24.2 Å². The van der Waals surface area contributed by atoms with Crippen LogP contribution in [0.1, 0.15) is 19.4 Å². The molecule has 0 aliphatic carbocycles. The highest BCUT2D eigenvalue weighted by Crippen LogP contribution is 2.10. The third-order valence-corrected chi connectivity index (χ3v) is 3.28. The van der Waals surface area contributed by atoms with Gasteiger partial charge in [-0.1, -0.05) is 28.1 Å². The number of hydrogen-bond donors (Lipinski definition) is 2. The molecule has 1 aromatic carbocycles. The van der Waals surface area contributed by atoms with E-state index in [0.29, 0.717) is 26.3 Å². The molecule has 0 spiro atoms. The summed E-state index contributed by atoms with van der Waals surface area (Å²) in [7, 11) is 0. The van der Waals surface area contributed by atoms with E-state index in [2.05, 4.69) is 26.6 Å². The number of amides is 2. The first-order valence-corrected chi connectivity index (χ1v) is 7.94. The Bertz CT molecular complexity index is 406. The van der Waals surface area contributed by atoms with Crippen LogP contribution in [0, 0.1) is 0 Å². The van der Waals surface area contributed by atoms with Gasteiger partial charge >= 0.3 is 6.03 Å². The van der Waals surface area contributed by atoms with Gasteiger partial charge in [0.05, 0.1) is 6.54 Å². The second-order valence-corrected chi connectivity index (χ2v) is 5.27. The van der Waals surface area contributed by atoms with Crippen LogP contribution in [0.25, 0.3) is 0 Å². The molecule has 1 rings (SSSR count). The van der Waals surface area contributed by atoms with Crippen molar-refractivity contribution in [1.29, 1.82) is 0 Å². The minimum atomic E-state index is -0.391. The standard InChI is InChI=1S/C15H23BrN2O3/c1-3-20-14(21-4-2)11-18-15(19)17-10-9-12-5-7-13(16)8-6-12/h5-8,14H,3-4,9-11H2,1-2H3,(H2,17,18,19). The lowest BCUT2D eigenvalue weighted by molar-refractivity contribution is -0.131. The van der Waals surface area contributed by atoms with Crippen molar-refractivity contribution in [2.75, 3.05) is 26.3 Å². The summed E-state index contributed by atoms with van der Waals surface area (Å²) in [6.45, 7) is 5.82. The third-order valence-electron chi connectivity index (χ3n) is 2.75. The lowest BCUT2D eigenvalue weighted by atomic mass is 10.1. The van der Waals surface area contributed by atoms with E-state index >= 15 is 0 Å². The minimum absolute atomic E-state index is 0.212. The van der Waals surface area contributed by atoms with E-state index in [-0.39, 0.29) is 6.03 Å². The third kappa shape index (κ3) is 8.04. The number of hydrogen-bond acceptors (Lipinski definition) is 3. The highest BCUT2D eigenvalue weighted by molar-refractivity contribution is 9.10. The number of carbonyl (C=O) groups is 1. The average molecular weight is 359 g/mol. The molecular formula is C15H23BrN2O3. The fraction of sp³-hybridized carbons (Fsp3) is 0.533. The highest BCUT2D eigenvalue weighted by atomic mass is 79.9. The zero-order chi connectivity index (χ0) is 15.5. The molecule has 0 aromatic heterocycles. The summed E-state index contributed by atoms with van der Waals surface area (Å²) >= 11 is 3.39. The summed E-state index contributed by atoms with van der Waals surface area (Å²) in [5, 5.41) is 5.55. The zero-order valence-corrected chi connectivity index (χ0v) is 14.1. The van der Waals surface area contributed by atoms with Crippen molar-refractivity contribution in [2.24, 2.45) is 0 Å². The van der Waals surface area contributed by atoms with Gasteiger partial charge in [-0.3, -0.25) is 0 Å². The van der Waals surface area contributed by atoms with Gasteiger partial charge in [0.2, 0.25) is 0 Å². The summed E-state index contributed by atoms with van der Waals surface area (Å²) in [6, 6.07) is 7.83. The molecule has 0 saturated carbocycles. The molecule has 0 heterocycles. The summed E-state index contributed by atoms with van der Waals surface area (Å²) in [6.07, 6.45) is 0.401. The smallest absolute Gasteiger partial charge is 0.314 e. The first kappa shape index (κ1) is 17.9. The van der Waals surface area contributed by atoms with Crippen LogP contribution >= 0.6 is 15.9 Å². The van der Waals surface area contributed by atoms with Gasteiger partial charge in [-0.15, -0.1) is 0 Å². The van der Waals surface area contributed by atoms with Crippen LogP contribution < -0.4 is 10.6 Å². The molecular weight excluding hydrogens is 336 g/mol. The van der Waals surface area contributed by atoms with Crippen LogP contribution in [-0.4, -0.2) is 38.6 Å². The molecule has 5 nitrogen and oxygen atoms in total. The van der Waals surface area contributed by atoms with E-state index in [4.69, 9.17) is 9.47 Å². The fourth-order valence-electron chi connectivity index (χ4n) is 1.75. The average Bonchev–Trinajstić information content (AvgIpc) is 2.47. The maximum Gasteiger partial charge on any atom is 0.314 e. The van der Waals surface area contributed by atoms with E-state index in [1.807, 2.05) is 38.1 Å². The summed E-state index contributed by atoms with van der Waals surface area (Å²) < 4.78 is 11.7. The topological polar surface area (TPSA) is 59.6 Å². The van der Waals surface area contributed by atoms with E-state index in [1.165, 1.54) is 5.56 Å². The molecule has 0 fully saturated rings. The number of urea groups is 1. The number of halogens is 1. The monoisotopic (exact) mass is 358 g/mol. The molecule has 118 valence electrons. The van der Waals surface area contributed by atoms with Crippen molar-refractivity contribution >= 4 is 22.0 Å². The summed E-state index contributed by atoms with van der Waals surface area (Å²) in [5.74, 6) is 0. The number of ether oxygens (including phenoxy) is 2. The quantitative estimate of drug-likeness (QED) is 0.667. The highest BCUT2D eigenvalue weighted by Gasteiger charge is 2.09. The Morgan fingerprint density at radius 1 is 1.14 bits per heavy atom. The van der Waals surface area contributed by atoms with Crippen LogP contribution in [-0.2, 0) is 15.9 Å². The first-order chi connectivity index (χ1) is 10.2. The van der Waals surface area contributed by atoms with Crippen LogP contribution in [0.3, 0.4) is 0 Å². The van der Waals surface area contributed by atoms with Crippen molar-refractivity contribution < 1.29 is 14.3 Å². The van der Waals surface area contributed by atoms with Crippen LogP contribution in [0.2, 0.25) is 0 Å². The Morgan fingerprint density at radius 3 is 2.33 bits per heavy atom. The fourth-order valence-corrected chi connectivity index (χ4v) is 2.01. The normalized spacial score (nSPS) is 10.7. The molecule has 0 bridgehead atoms. The number of carbonyl (C=O) groups excluding carboxylic acids is 1. The van der Waals surface area contributed by atoms with Gasteiger partial charge in [-0.2, -0.15) is 0 Å². The molecule has 1 aromatic rings. The van der Waals surface area contributed by atoms with Gasteiger partial charge in [0.25, 0.3) is 0 Å². The van der Waals surface area contributed by atoms with Gasteiger partial charge in [0.1, 0.15) is 0 Å². The predicted octanol–water partition coefficient (Wildman–Crippen LogP) is 2.69. The molecule has 6 heteroatoms. The van der Waals surface area contributed by atoms with Crippen LogP contribution in [0.5, 0.6) is 0 Å². The second-order valence-electron chi connectivity index (χ2n) is 4.35. The summed E-state index contributed by atoms with van der Waals surface area (Å²) in [5.41, 5.74) is 1.18. The van der Waals surface area contributed by atoms with Crippen molar-refractivity contribution in [3.8, 4) is 0 Å². The lowest BCUT2D eigenvalue weighted by Crippen LogP contribution is -2.42. The first-order valence-electron chi connectivity index (χ1n) is 7.15. The Kier molecular flexibility index (Phi) is 9.05. The van der Waals surface area contributed by atoms with E-state index < -0.39 is 6.29 Å². The Labute approximate surface area is 134 Å². The molecule has 0 unspecified atom stereocenters. The van der Waals surface area contributed by atoms with Crippen LogP contribution in [0.4, 0.5) is 4.79 Å². The molecule has 0 aliphatic rings. The van der Waals surface area contributed by atoms with Crippen molar-refractivity contribution in [3.05, 3.63) is 34.3 Å². The minimum Gasteiger partial charge on any atom is -0.351 e. The Balaban J connectivity index is 2.19. The van der Waals surface area contributed by atoms with Gasteiger partial charge in [-0.25, -0.2) is 4.79 Å². The van der Waals surface area contributed by atoms with Crippen molar-refractivity contribution in [3.63, 3.8) is 0 Å². The molecule has 0 atom stereocenters. The maximum absolute atomic E-state index is 11.7. The Morgan fingerprint density at radius 2 is 1.76 bits per heavy atom. The number of rotatable bonds is 9. The predicted molar refractivity (Wildman–Crippen MR) is 86.3 cm³/mol. The van der Waals surface area contributed by atoms with Crippen molar-refractivity contribution in [2.45, 2.75) is 26.6 Å². The molecule has 21 heavy (non-hydrogen) atoms. The Hall–Kier alpha value is -1.11. The molecule has 2 N–H and O–H groups in total. The molecule has 0 aliphatic heterocycles. The lowest BCUT2D eigenvalue weighted by Gasteiger charge is -2.17. The number of benzene rings is 1. The van der Waals surface area contributed by atoms with Gasteiger partial charge < -0.3 is 20.1 Å². The zero-order valence-electron chi connectivity index (χ0n) is 12.5. The van der Waals surface area contributed by atoms with Crippen molar-refractivity contribution in [1.82, 2.24) is 10.6 Å². The van der Waals surface area contributed by atoms with E-state index in [9.17, 15) is 4.79 Å². The summed E-state index contributed by atoms with van der Waals surface area (Å²) in [4.78, 5) is 11.7. The van der Waals surface area contributed by atoms with E-state index in [0.717, 1.165) is 10.9 Å². The molecule has 0 saturated heterocycles. The van der Waals surface area contributed by atoms with Crippen LogP contribution in [0.15, 0.2) is 28.7 Å². The van der Waals surface area contributed by atoms with Gasteiger partial charge in [-0.05, 0) is 38.0 Å². The largest absolute Gasteiger partial charge is 0.351 e. The van der Waals surface area contributed by atoms with E-state index in [1.54, 1.807) is 0 Å². The molecule has 2 amide bonds.